The van der Waals surface area contributed by atoms with E-state index in [0.29, 0.717) is 24.6 Å². The van der Waals surface area contributed by atoms with Crippen LogP contribution in [0.4, 0.5) is 4.79 Å². The van der Waals surface area contributed by atoms with Gasteiger partial charge < -0.3 is 10.1 Å². The number of carbonyl (C=O) groups excluding carboxylic acids is 2. The topological polar surface area (TPSA) is 58.6 Å². The summed E-state index contributed by atoms with van der Waals surface area (Å²) >= 11 is 5.86. The van der Waals surface area contributed by atoms with E-state index in [2.05, 4.69) is 26.1 Å². The largest absolute Gasteiger partial charge is 0.494 e. The van der Waals surface area contributed by atoms with Gasteiger partial charge in [-0.2, -0.15) is 0 Å². The minimum absolute atomic E-state index is 0.0302. The average molecular weight is 429 g/mol. The fraction of sp³-hybridized carbons (Fsp3) is 0.417. The van der Waals surface area contributed by atoms with Gasteiger partial charge in [0.1, 0.15) is 11.3 Å². The summed E-state index contributed by atoms with van der Waals surface area (Å²) in [5.74, 6) is 0.537. The molecule has 0 saturated carbocycles. The Morgan fingerprint density at radius 3 is 2.23 bits per heavy atom. The maximum atomic E-state index is 13.0. The second kappa shape index (κ2) is 8.68. The number of hydrogen-bond acceptors (Lipinski definition) is 3. The van der Waals surface area contributed by atoms with E-state index in [4.69, 9.17) is 16.3 Å². The highest BCUT2D eigenvalue weighted by Crippen LogP contribution is 2.31. The van der Waals surface area contributed by atoms with Crippen molar-refractivity contribution in [1.82, 2.24) is 10.2 Å². The first-order valence-electron chi connectivity index (χ1n) is 10.2. The van der Waals surface area contributed by atoms with Crippen molar-refractivity contribution in [2.45, 2.75) is 51.5 Å². The van der Waals surface area contributed by atoms with Crippen LogP contribution in [0.5, 0.6) is 5.75 Å². The molecular formula is C24H29ClN2O3. The summed E-state index contributed by atoms with van der Waals surface area (Å²) in [6, 6.07) is 14.8. The van der Waals surface area contributed by atoms with Crippen molar-refractivity contribution in [2.24, 2.45) is 0 Å². The molecule has 1 saturated heterocycles. The quantitative estimate of drug-likeness (QED) is 0.483. The summed E-state index contributed by atoms with van der Waals surface area (Å²) in [7, 11) is 0. The van der Waals surface area contributed by atoms with E-state index >= 15 is 0 Å². The van der Waals surface area contributed by atoms with Gasteiger partial charge in [-0.3, -0.25) is 9.69 Å². The van der Waals surface area contributed by atoms with Crippen molar-refractivity contribution in [3.63, 3.8) is 0 Å². The fourth-order valence-corrected chi connectivity index (χ4v) is 3.62. The predicted molar refractivity (Wildman–Crippen MR) is 119 cm³/mol. The normalized spacial score (nSPS) is 19.2. The number of urea groups is 1. The molecule has 1 atom stereocenters. The maximum Gasteiger partial charge on any atom is 0.325 e. The highest BCUT2D eigenvalue weighted by atomic mass is 35.5. The van der Waals surface area contributed by atoms with Crippen LogP contribution in [0, 0.1) is 0 Å². The van der Waals surface area contributed by atoms with Crippen LogP contribution in [0.1, 0.15) is 51.7 Å². The third-order valence-corrected chi connectivity index (χ3v) is 5.71. The summed E-state index contributed by atoms with van der Waals surface area (Å²) in [5, 5.41) is 3.53. The Labute approximate surface area is 183 Å². The number of amides is 3. The molecule has 30 heavy (non-hydrogen) atoms. The summed E-state index contributed by atoms with van der Waals surface area (Å²) in [5.41, 5.74) is 0.974. The molecule has 1 heterocycles. The van der Waals surface area contributed by atoms with Crippen molar-refractivity contribution in [2.75, 3.05) is 13.2 Å². The smallest absolute Gasteiger partial charge is 0.325 e. The van der Waals surface area contributed by atoms with E-state index in [0.717, 1.165) is 17.7 Å². The molecule has 5 nitrogen and oxygen atoms in total. The molecule has 1 aliphatic heterocycles. The molecule has 0 bridgehead atoms. The van der Waals surface area contributed by atoms with E-state index in [1.165, 1.54) is 10.5 Å². The molecule has 1 N–H and O–H groups in total. The zero-order chi connectivity index (χ0) is 21.9. The highest BCUT2D eigenvalue weighted by molar-refractivity contribution is 6.30. The number of benzene rings is 2. The van der Waals surface area contributed by atoms with Crippen LogP contribution in [0.15, 0.2) is 48.5 Å². The SMILES string of the molecule is CC(C)(C)c1ccc(C2(C)NC(=O)N(CCCCOc3ccc(Cl)cc3)C2=O)cc1. The molecule has 2 aromatic carbocycles. The lowest BCUT2D eigenvalue weighted by atomic mass is 9.84. The number of rotatable bonds is 7. The molecule has 3 amide bonds. The first-order valence-corrected chi connectivity index (χ1v) is 10.6. The van der Waals surface area contributed by atoms with Crippen LogP contribution in [-0.2, 0) is 15.7 Å². The van der Waals surface area contributed by atoms with E-state index in [9.17, 15) is 9.59 Å². The Morgan fingerprint density at radius 1 is 1.00 bits per heavy atom. The van der Waals surface area contributed by atoms with Crippen LogP contribution < -0.4 is 10.1 Å². The molecule has 1 unspecified atom stereocenters. The maximum absolute atomic E-state index is 13.0. The summed E-state index contributed by atoms with van der Waals surface area (Å²) < 4.78 is 5.67. The zero-order valence-corrected chi connectivity index (χ0v) is 18.8. The van der Waals surface area contributed by atoms with Crippen molar-refractivity contribution < 1.29 is 14.3 Å². The Morgan fingerprint density at radius 2 is 1.63 bits per heavy atom. The number of nitrogens with one attached hydrogen (secondary N) is 1. The molecule has 160 valence electrons. The monoisotopic (exact) mass is 428 g/mol. The Hall–Kier alpha value is -2.53. The fourth-order valence-electron chi connectivity index (χ4n) is 3.49. The van der Waals surface area contributed by atoms with Gasteiger partial charge in [-0.05, 0) is 60.6 Å². The van der Waals surface area contributed by atoms with E-state index in [1.54, 1.807) is 19.1 Å². The van der Waals surface area contributed by atoms with E-state index in [-0.39, 0.29) is 17.4 Å². The second-order valence-corrected chi connectivity index (χ2v) is 9.29. The van der Waals surface area contributed by atoms with Gasteiger partial charge in [-0.1, -0.05) is 56.6 Å². The summed E-state index contributed by atoms with van der Waals surface area (Å²) in [6.07, 6.45) is 1.41. The molecular weight excluding hydrogens is 400 g/mol. The summed E-state index contributed by atoms with van der Waals surface area (Å²) in [4.78, 5) is 26.8. The van der Waals surface area contributed by atoms with Gasteiger partial charge in [0.15, 0.2) is 0 Å². The minimum Gasteiger partial charge on any atom is -0.494 e. The molecule has 3 rings (SSSR count). The van der Waals surface area contributed by atoms with Crippen LogP contribution in [0.3, 0.4) is 0 Å². The van der Waals surface area contributed by atoms with Crippen LogP contribution in [0.2, 0.25) is 5.02 Å². The lowest BCUT2D eigenvalue weighted by molar-refractivity contribution is -0.131. The van der Waals surface area contributed by atoms with Crippen molar-refractivity contribution in [3.8, 4) is 5.75 Å². The molecule has 0 radical (unpaired) electrons. The molecule has 2 aromatic rings. The van der Waals surface area contributed by atoms with Crippen molar-refractivity contribution >= 4 is 23.5 Å². The van der Waals surface area contributed by atoms with Gasteiger partial charge in [-0.25, -0.2) is 4.79 Å². The number of carbonyl (C=O) groups is 2. The Bertz CT molecular complexity index is 904. The molecule has 0 aliphatic carbocycles. The zero-order valence-electron chi connectivity index (χ0n) is 18.0. The third kappa shape index (κ3) is 4.78. The lowest BCUT2D eigenvalue weighted by Gasteiger charge is -2.24. The molecule has 1 fully saturated rings. The first-order chi connectivity index (χ1) is 14.1. The number of ether oxygens (including phenoxy) is 1. The van der Waals surface area contributed by atoms with Gasteiger partial charge in [0, 0.05) is 11.6 Å². The second-order valence-electron chi connectivity index (χ2n) is 8.85. The highest BCUT2D eigenvalue weighted by Gasteiger charge is 2.48. The number of halogens is 1. The average Bonchev–Trinajstić information content (AvgIpc) is 2.92. The molecule has 6 heteroatoms. The minimum atomic E-state index is -1.03. The van der Waals surface area contributed by atoms with Gasteiger partial charge in [-0.15, -0.1) is 0 Å². The number of imide groups is 1. The third-order valence-electron chi connectivity index (χ3n) is 5.46. The Balaban J connectivity index is 1.55. The number of hydrogen-bond donors (Lipinski definition) is 1. The van der Waals surface area contributed by atoms with Gasteiger partial charge in [0.05, 0.1) is 6.61 Å². The Kier molecular flexibility index (Phi) is 6.41. The predicted octanol–water partition coefficient (Wildman–Crippen LogP) is 5.26. The van der Waals surface area contributed by atoms with Gasteiger partial charge in [0.2, 0.25) is 0 Å². The van der Waals surface area contributed by atoms with Crippen LogP contribution in [-0.4, -0.2) is 30.0 Å². The van der Waals surface area contributed by atoms with Crippen LogP contribution in [0.25, 0.3) is 0 Å². The van der Waals surface area contributed by atoms with Gasteiger partial charge >= 0.3 is 6.03 Å². The lowest BCUT2D eigenvalue weighted by Crippen LogP contribution is -2.41. The first kappa shape index (κ1) is 22.2. The molecule has 1 aliphatic rings. The van der Waals surface area contributed by atoms with Gasteiger partial charge in [0.25, 0.3) is 5.91 Å². The summed E-state index contributed by atoms with van der Waals surface area (Å²) in [6.45, 7) is 9.07. The molecule has 0 spiro atoms. The number of unbranched alkanes of at least 4 members (excludes halogenated alkanes) is 1. The standard InChI is InChI=1S/C24H29ClN2O3/c1-23(2,3)17-7-9-18(10-8-17)24(4)21(28)27(22(29)26-24)15-5-6-16-30-20-13-11-19(25)12-14-20/h7-14H,5-6,15-16H2,1-4H3,(H,26,29). The van der Waals surface area contributed by atoms with Crippen molar-refractivity contribution in [1.29, 1.82) is 0 Å². The van der Waals surface area contributed by atoms with E-state index in [1.807, 2.05) is 36.4 Å². The van der Waals surface area contributed by atoms with Crippen molar-refractivity contribution in [3.05, 3.63) is 64.7 Å². The molecule has 0 aromatic heterocycles. The van der Waals surface area contributed by atoms with Crippen LogP contribution >= 0.6 is 11.6 Å². The number of nitrogens with zero attached hydrogens (tertiary/aromatic N) is 1. The van der Waals surface area contributed by atoms with E-state index < -0.39 is 5.54 Å².